The van der Waals surface area contributed by atoms with Gasteiger partial charge in [-0.3, -0.25) is 0 Å². The Morgan fingerprint density at radius 1 is 0.909 bits per heavy atom. The highest BCUT2D eigenvalue weighted by molar-refractivity contribution is 7.85. The van der Waals surface area contributed by atoms with Crippen LogP contribution in [0.25, 0.3) is 11.1 Å². The van der Waals surface area contributed by atoms with E-state index in [1.807, 2.05) is 48.5 Å². The maximum Gasteiger partial charge on any atom is 0.119 e. The zero-order chi connectivity index (χ0) is 16.0. The lowest BCUT2D eigenvalue weighted by atomic mass is 10.1. The number of hydrogen-bond donors (Lipinski definition) is 0. The molecule has 0 radical (unpaired) electrons. The molecule has 0 atom stereocenters. The van der Waals surface area contributed by atoms with Crippen molar-refractivity contribution in [1.29, 1.82) is 0 Å². The molecule has 2 rings (SSSR count). The van der Waals surface area contributed by atoms with Gasteiger partial charge in [-0.15, -0.1) is 0 Å². The van der Waals surface area contributed by atoms with Crippen LogP contribution in [-0.2, 0) is 10.1 Å². The first-order valence-corrected chi connectivity index (χ1v) is 8.36. The molecule has 0 amide bonds. The molecule has 22 heavy (non-hydrogen) atoms. The van der Waals surface area contributed by atoms with E-state index < -0.39 is 15.9 Å². The molecule has 6 heteroatoms. The Balaban J connectivity index is 1.92. The molecule has 2 aromatic rings. The van der Waals surface area contributed by atoms with Gasteiger partial charge in [0.25, 0.3) is 0 Å². The second-order valence-electron chi connectivity index (χ2n) is 4.72. The molecular weight excluding hydrogens is 304 g/mol. The number of rotatable bonds is 7. The van der Waals surface area contributed by atoms with Gasteiger partial charge in [-0.25, -0.2) is 8.42 Å². The van der Waals surface area contributed by atoms with Crippen molar-refractivity contribution >= 4 is 10.1 Å². The van der Waals surface area contributed by atoms with Gasteiger partial charge in [0.2, 0.25) is 0 Å². The third kappa shape index (κ3) is 5.05. The number of methoxy groups -OCH3 is 1. The van der Waals surface area contributed by atoms with E-state index in [0.717, 1.165) is 16.9 Å². The minimum atomic E-state index is -4.17. The topological polar surface area (TPSA) is 75.7 Å². The zero-order valence-corrected chi connectivity index (χ0v) is 13.0. The van der Waals surface area contributed by atoms with Crippen molar-refractivity contribution in [2.45, 2.75) is 6.42 Å². The molecule has 0 heterocycles. The van der Waals surface area contributed by atoms with Crippen molar-refractivity contribution in [3.8, 4) is 22.6 Å². The molecule has 0 fully saturated rings. The van der Waals surface area contributed by atoms with E-state index >= 15 is 0 Å². The fraction of sp³-hybridized carbons (Fsp3) is 0.250. The molecule has 0 saturated heterocycles. The van der Waals surface area contributed by atoms with Gasteiger partial charge < -0.3 is 14.0 Å². The van der Waals surface area contributed by atoms with Gasteiger partial charge in [-0.2, -0.15) is 0 Å². The molecule has 118 valence electrons. The lowest BCUT2D eigenvalue weighted by Crippen LogP contribution is -2.08. The summed E-state index contributed by atoms with van der Waals surface area (Å²) in [4.78, 5) is 0. The summed E-state index contributed by atoms with van der Waals surface area (Å²) in [6.07, 6.45) is 0.187. The standard InChI is InChI=1S/C16H18O5S/c1-20-15-7-3-13(4-8-15)14-5-9-16(10-6-14)21-11-2-12-22(17,18)19/h3-10H,2,11-12H2,1H3,(H,17,18,19)/p-1. The van der Waals surface area contributed by atoms with Crippen molar-refractivity contribution in [2.24, 2.45) is 0 Å². The molecule has 0 aromatic heterocycles. The van der Waals surface area contributed by atoms with E-state index in [0.29, 0.717) is 5.75 Å². The predicted molar refractivity (Wildman–Crippen MR) is 83.1 cm³/mol. The van der Waals surface area contributed by atoms with Gasteiger partial charge in [-0.05, 0) is 41.8 Å². The SMILES string of the molecule is COc1ccc(-c2ccc(OCCCS(=O)(=O)[O-])cc2)cc1. The normalized spacial score (nSPS) is 11.2. The Morgan fingerprint density at radius 2 is 1.41 bits per heavy atom. The lowest BCUT2D eigenvalue weighted by molar-refractivity contribution is 0.315. The van der Waals surface area contributed by atoms with Gasteiger partial charge in [-0.1, -0.05) is 24.3 Å². The van der Waals surface area contributed by atoms with Crippen molar-refractivity contribution in [3.63, 3.8) is 0 Å². The highest BCUT2D eigenvalue weighted by atomic mass is 32.2. The summed E-state index contributed by atoms with van der Waals surface area (Å²) in [5.74, 6) is 1.04. The largest absolute Gasteiger partial charge is 0.748 e. The predicted octanol–water partition coefficient (Wildman–Crippen LogP) is 2.68. The van der Waals surface area contributed by atoms with Crippen LogP contribution in [0.3, 0.4) is 0 Å². The average Bonchev–Trinajstić information content (AvgIpc) is 2.51. The Hall–Kier alpha value is -2.05. The molecule has 0 aliphatic heterocycles. The van der Waals surface area contributed by atoms with E-state index in [1.165, 1.54) is 0 Å². The fourth-order valence-corrected chi connectivity index (χ4v) is 2.42. The van der Waals surface area contributed by atoms with Crippen LogP contribution in [0.4, 0.5) is 0 Å². The first-order valence-electron chi connectivity index (χ1n) is 6.79. The molecule has 0 spiro atoms. The maximum absolute atomic E-state index is 10.5. The highest BCUT2D eigenvalue weighted by Crippen LogP contribution is 2.24. The van der Waals surface area contributed by atoms with Crippen molar-refractivity contribution in [1.82, 2.24) is 0 Å². The Morgan fingerprint density at radius 3 is 1.86 bits per heavy atom. The van der Waals surface area contributed by atoms with Crippen LogP contribution in [0, 0.1) is 0 Å². The van der Waals surface area contributed by atoms with Crippen molar-refractivity contribution in [3.05, 3.63) is 48.5 Å². The molecule has 5 nitrogen and oxygen atoms in total. The molecule has 0 aliphatic carbocycles. The lowest BCUT2D eigenvalue weighted by Gasteiger charge is -2.09. The molecule has 0 bridgehead atoms. The summed E-state index contributed by atoms with van der Waals surface area (Å²) in [5.41, 5.74) is 2.10. The minimum Gasteiger partial charge on any atom is -0.748 e. The van der Waals surface area contributed by atoms with Gasteiger partial charge in [0.15, 0.2) is 0 Å². The summed E-state index contributed by atoms with van der Waals surface area (Å²) in [5, 5.41) is 0. The second-order valence-corrected chi connectivity index (χ2v) is 6.24. The maximum atomic E-state index is 10.5. The third-order valence-electron chi connectivity index (χ3n) is 3.09. The average molecular weight is 321 g/mol. The summed E-state index contributed by atoms with van der Waals surface area (Å²) in [7, 11) is -2.54. The number of hydrogen-bond acceptors (Lipinski definition) is 5. The van der Waals surface area contributed by atoms with Crippen LogP contribution >= 0.6 is 0 Å². The van der Waals surface area contributed by atoms with Gasteiger partial charge in [0.05, 0.1) is 23.8 Å². The first-order chi connectivity index (χ1) is 10.5. The van der Waals surface area contributed by atoms with Crippen LogP contribution < -0.4 is 9.47 Å². The molecule has 0 saturated carbocycles. The first kappa shape index (κ1) is 16.3. The Labute approximate surface area is 130 Å². The quantitative estimate of drug-likeness (QED) is 0.579. The van der Waals surface area contributed by atoms with Crippen LogP contribution in [-0.4, -0.2) is 32.4 Å². The van der Waals surface area contributed by atoms with E-state index in [2.05, 4.69) is 0 Å². The van der Waals surface area contributed by atoms with Gasteiger partial charge >= 0.3 is 0 Å². The summed E-state index contributed by atoms with van der Waals surface area (Å²) < 4.78 is 41.9. The third-order valence-corrected chi connectivity index (χ3v) is 3.87. The molecule has 2 aromatic carbocycles. The van der Waals surface area contributed by atoms with Crippen LogP contribution in [0.5, 0.6) is 11.5 Å². The molecule has 0 aliphatic rings. The van der Waals surface area contributed by atoms with Gasteiger partial charge in [0.1, 0.15) is 11.5 Å². The summed E-state index contributed by atoms with van der Waals surface area (Å²) in [6.45, 7) is 0.198. The second kappa shape index (κ2) is 7.29. The Kier molecular flexibility index (Phi) is 5.41. The fourth-order valence-electron chi connectivity index (χ4n) is 1.95. The van der Waals surface area contributed by atoms with Gasteiger partial charge in [0, 0.05) is 5.75 Å². The zero-order valence-electron chi connectivity index (χ0n) is 12.2. The van der Waals surface area contributed by atoms with E-state index in [9.17, 15) is 13.0 Å². The summed E-state index contributed by atoms with van der Waals surface area (Å²) >= 11 is 0. The molecular formula is C16H17O5S-. The van der Waals surface area contributed by atoms with E-state index in [4.69, 9.17) is 9.47 Å². The smallest absolute Gasteiger partial charge is 0.119 e. The van der Waals surface area contributed by atoms with Crippen LogP contribution in [0.1, 0.15) is 6.42 Å². The minimum absolute atomic E-state index is 0.187. The monoisotopic (exact) mass is 321 g/mol. The van der Waals surface area contributed by atoms with E-state index in [-0.39, 0.29) is 13.0 Å². The molecule has 0 N–H and O–H groups in total. The van der Waals surface area contributed by atoms with Crippen molar-refractivity contribution < 1.29 is 22.4 Å². The molecule has 0 unspecified atom stereocenters. The van der Waals surface area contributed by atoms with Crippen LogP contribution in [0.2, 0.25) is 0 Å². The number of ether oxygens (including phenoxy) is 2. The summed E-state index contributed by atoms with van der Waals surface area (Å²) in [6, 6.07) is 15.2. The Bertz CT molecular complexity index is 690. The highest BCUT2D eigenvalue weighted by Gasteiger charge is 2.01. The van der Waals surface area contributed by atoms with Crippen molar-refractivity contribution in [2.75, 3.05) is 19.5 Å². The number of benzene rings is 2. The van der Waals surface area contributed by atoms with E-state index in [1.54, 1.807) is 7.11 Å². The van der Waals surface area contributed by atoms with Crippen LogP contribution in [0.15, 0.2) is 48.5 Å².